The quantitative estimate of drug-likeness (QED) is 0.818. The fourth-order valence-electron chi connectivity index (χ4n) is 1.77. The molecule has 3 N–H and O–H groups in total. The molecule has 0 saturated carbocycles. The Morgan fingerprint density at radius 1 is 1.39 bits per heavy atom. The number of carbonyl (C=O) groups excluding carboxylic acids is 1. The lowest BCUT2D eigenvalue weighted by Gasteiger charge is -2.31. The van der Waals surface area contributed by atoms with Crippen LogP contribution < -0.4 is 11.1 Å². The van der Waals surface area contributed by atoms with Crippen LogP contribution in [0.5, 0.6) is 0 Å². The maximum absolute atomic E-state index is 12.2. The van der Waals surface area contributed by atoms with Gasteiger partial charge in [0.15, 0.2) is 0 Å². The van der Waals surface area contributed by atoms with Crippen LogP contribution in [0, 0.1) is 0 Å². The standard InChI is InChI=1S/C13H17ClN2OS/c1-3-13(4-2,12(15)18)16-11(17)9-7-5-6-8-10(9)14/h5-8H,3-4H2,1-2H3,(H2,15,18)(H,16,17). The van der Waals surface area contributed by atoms with Gasteiger partial charge in [-0.05, 0) is 25.0 Å². The minimum absolute atomic E-state index is 0.253. The molecule has 0 aliphatic rings. The van der Waals surface area contributed by atoms with E-state index >= 15 is 0 Å². The summed E-state index contributed by atoms with van der Waals surface area (Å²) in [5.74, 6) is -0.253. The van der Waals surface area contributed by atoms with Crippen molar-refractivity contribution in [3.63, 3.8) is 0 Å². The molecule has 0 aliphatic carbocycles. The van der Waals surface area contributed by atoms with E-state index in [1.165, 1.54) is 0 Å². The summed E-state index contributed by atoms with van der Waals surface area (Å²) in [7, 11) is 0. The van der Waals surface area contributed by atoms with Crippen molar-refractivity contribution in [2.75, 3.05) is 0 Å². The van der Waals surface area contributed by atoms with Gasteiger partial charge in [0, 0.05) is 0 Å². The molecule has 0 radical (unpaired) electrons. The summed E-state index contributed by atoms with van der Waals surface area (Å²) < 4.78 is 0. The molecule has 1 amide bonds. The predicted octanol–water partition coefficient (Wildman–Crippen LogP) is 2.91. The SMILES string of the molecule is CCC(CC)(NC(=O)c1ccccc1Cl)C(N)=S. The predicted molar refractivity (Wildman–Crippen MR) is 79.0 cm³/mol. The number of benzene rings is 1. The second kappa shape index (κ2) is 6.16. The molecule has 98 valence electrons. The average Bonchev–Trinajstić information content (AvgIpc) is 2.36. The summed E-state index contributed by atoms with van der Waals surface area (Å²) in [6, 6.07) is 6.89. The van der Waals surface area contributed by atoms with E-state index in [2.05, 4.69) is 5.32 Å². The molecular weight excluding hydrogens is 268 g/mol. The molecule has 0 saturated heterocycles. The monoisotopic (exact) mass is 284 g/mol. The lowest BCUT2D eigenvalue weighted by molar-refractivity contribution is 0.0920. The van der Waals surface area contributed by atoms with E-state index in [4.69, 9.17) is 29.6 Å². The molecule has 1 aromatic rings. The van der Waals surface area contributed by atoms with Crippen LogP contribution in [0.1, 0.15) is 37.0 Å². The van der Waals surface area contributed by atoms with Crippen molar-refractivity contribution >= 4 is 34.7 Å². The molecule has 1 rings (SSSR count). The van der Waals surface area contributed by atoms with Gasteiger partial charge in [0.2, 0.25) is 0 Å². The zero-order valence-corrected chi connectivity index (χ0v) is 12.1. The number of nitrogens with one attached hydrogen (secondary N) is 1. The largest absolute Gasteiger partial charge is 0.391 e. The van der Waals surface area contributed by atoms with E-state index in [1.54, 1.807) is 24.3 Å². The molecule has 18 heavy (non-hydrogen) atoms. The van der Waals surface area contributed by atoms with Gasteiger partial charge in [-0.3, -0.25) is 4.79 Å². The highest BCUT2D eigenvalue weighted by Crippen LogP contribution is 2.19. The van der Waals surface area contributed by atoms with Gasteiger partial charge in [-0.25, -0.2) is 0 Å². The Morgan fingerprint density at radius 2 is 1.94 bits per heavy atom. The number of halogens is 1. The van der Waals surface area contributed by atoms with Gasteiger partial charge in [-0.1, -0.05) is 49.8 Å². The highest BCUT2D eigenvalue weighted by atomic mass is 35.5. The molecule has 0 unspecified atom stereocenters. The van der Waals surface area contributed by atoms with Crippen molar-refractivity contribution in [1.29, 1.82) is 0 Å². The Kier molecular flexibility index (Phi) is 5.11. The van der Waals surface area contributed by atoms with Crippen LogP contribution in [0.3, 0.4) is 0 Å². The van der Waals surface area contributed by atoms with Crippen LogP contribution in [-0.4, -0.2) is 16.4 Å². The van der Waals surface area contributed by atoms with Crippen molar-refractivity contribution in [2.24, 2.45) is 5.73 Å². The Labute approximate surface area is 118 Å². The molecular formula is C13H17ClN2OS. The molecule has 0 atom stereocenters. The van der Waals surface area contributed by atoms with Gasteiger partial charge in [-0.2, -0.15) is 0 Å². The van der Waals surface area contributed by atoms with E-state index in [-0.39, 0.29) is 5.91 Å². The zero-order valence-electron chi connectivity index (χ0n) is 10.5. The van der Waals surface area contributed by atoms with Gasteiger partial charge < -0.3 is 11.1 Å². The summed E-state index contributed by atoms with van der Waals surface area (Å²) >= 11 is 11.0. The molecule has 0 aromatic heterocycles. The highest BCUT2D eigenvalue weighted by Gasteiger charge is 2.32. The Hall–Kier alpha value is -1.13. The third kappa shape index (κ3) is 3.00. The molecule has 3 nitrogen and oxygen atoms in total. The average molecular weight is 285 g/mol. The van der Waals surface area contributed by atoms with Crippen molar-refractivity contribution in [2.45, 2.75) is 32.2 Å². The number of hydrogen-bond donors (Lipinski definition) is 2. The number of carbonyl (C=O) groups is 1. The van der Waals surface area contributed by atoms with Crippen LogP contribution in [-0.2, 0) is 0 Å². The van der Waals surface area contributed by atoms with Gasteiger partial charge in [-0.15, -0.1) is 0 Å². The number of hydrogen-bond acceptors (Lipinski definition) is 2. The first-order valence-corrected chi connectivity index (χ1v) is 6.62. The Balaban J connectivity index is 3.00. The van der Waals surface area contributed by atoms with E-state index in [1.807, 2.05) is 13.8 Å². The van der Waals surface area contributed by atoms with Crippen LogP contribution in [0.25, 0.3) is 0 Å². The van der Waals surface area contributed by atoms with E-state index in [9.17, 15) is 4.79 Å². The summed E-state index contributed by atoms with van der Waals surface area (Å²) in [6.45, 7) is 3.88. The summed E-state index contributed by atoms with van der Waals surface area (Å²) in [5.41, 5.74) is 5.53. The summed E-state index contributed by atoms with van der Waals surface area (Å²) in [4.78, 5) is 12.5. The topological polar surface area (TPSA) is 55.1 Å². The van der Waals surface area contributed by atoms with Gasteiger partial charge >= 0.3 is 0 Å². The molecule has 0 bridgehead atoms. The van der Waals surface area contributed by atoms with Gasteiger partial charge in [0.1, 0.15) is 0 Å². The van der Waals surface area contributed by atoms with E-state index < -0.39 is 5.54 Å². The molecule has 5 heteroatoms. The molecule has 0 fully saturated rings. The summed E-state index contributed by atoms with van der Waals surface area (Å²) in [6.07, 6.45) is 1.30. The normalized spacial score (nSPS) is 11.1. The Morgan fingerprint density at radius 3 is 2.39 bits per heavy atom. The minimum Gasteiger partial charge on any atom is -0.391 e. The van der Waals surface area contributed by atoms with E-state index in [0.29, 0.717) is 28.4 Å². The van der Waals surface area contributed by atoms with Crippen LogP contribution in [0.4, 0.5) is 0 Å². The smallest absolute Gasteiger partial charge is 0.253 e. The first-order valence-electron chi connectivity index (χ1n) is 5.83. The second-order valence-corrected chi connectivity index (χ2v) is 4.93. The number of rotatable bonds is 5. The third-order valence-corrected chi connectivity index (χ3v) is 3.87. The molecule has 0 heterocycles. The molecule has 0 spiro atoms. The summed E-state index contributed by atoms with van der Waals surface area (Å²) in [5, 5.41) is 3.31. The lowest BCUT2D eigenvalue weighted by Crippen LogP contribution is -2.56. The zero-order chi connectivity index (χ0) is 13.8. The minimum atomic E-state index is -0.647. The fraction of sp³-hybridized carbons (Fsp3) is 0.385. The fourth-order valence-corrected chi connectivity index (χ4v) is 2.33. The van der Waals surface area contributed by atoms with E-state index in [0.717, 1.165) is 0 Å². The van der Waals surface area contributed by atoms with Crippen molar-refractivity contribution in [3.8, 4) is 0 Å². The number of thiocarbonyl (C=S) groups is 1. The van der Waals surface area contributed by atoms with Crippen molar-refractivity contribution in [3.05, 3.63) is 34.9 Å². The van der Waals surface area contributed by atoms with Crippen molar-refractivity contribution in [1.82, 2.24) is 5.32 Å². The molecule has 0 aliphatic heterocycles. The van der Waals surface area contributed by atoms with Crippen LogP contribution >= 0.6 is 23.8 Å². The van der Waals surface area contributed by atoms with Crippen LogP contribution in [0.2, 0.25) is 5.02 Å². The van der Waals surface area contributed by atoms with Gasteiger partial charge in [0.25, 0.3) is 5.91 Å². The second-order valence-electron chi connectivity index (χ2n) is 4.09. The maximum Gasteiger partial charge on any atom is 0.253 e. The van der Waals surface area contributed by atoms with Gasteiger partial charge in [0.05, 0.1) is 21.1 Å². The number of nitrogens with two attached hydrogens (primary N) is 1. The lowest BCUT2D eigenvalue weighted by atomic mass is 9.92. The molecule has 1 aromatic carbocycles. The number of amides is 1. The maximum atomic E-state index is 12.2. The first kappa shape index (κ1) is 14.9. The first-order chi connectivity index (χ1) is 8.46. The van der Waals surface area contributed by atoms with Crippen LogP contribution in [0.15, 0.2) is 24.3 Å². The van der Waals surface area contributed by atoms with Crippen molar-refractivity contribution < 1.29 is 4.79 Å². The third-order valence-electron chi connectivity index (χ3n) is 3.15. The Bertz CT molecular complexity index is 458. The highest BCUT2D eigenvalue weighted by molar-refractivity contribution is 7.80.